The van der Waals surface area contributed by atoms with E-state index in [1.807, 2.05) is 38.1 Å². The first-order chi connectivity index (χ1) is 8.84. The van der Waals surface area contributed by atoms with Gasteiger partial charge in [-0.25, -0.2) is 0 Å². The molecule has 1 N–H and O–H groups in total. The lowest BCUT2D eigenvalue weighted by molar-refractivity contribution is -0.123. The average molecular weight is 263 g/mol. The highest BCUT2D eigenvalue weighted by molar-refractivity contribution is 5.77. The first-order valence-electron chi connectivity index (χ1n) is 6.86. The summed E-state index contributed by atoms with van der Waals surface area (Å²) in [5.41, 5.74) is 1.12. The van der Waals surface area contributed by atoms with Crippen molar-refractivity contribution in [1.29, 1.82) is 0 Å². The molecule has 0 aliphatic heterocycles. The maximum Gasteiger partial charge on any atom is 0.258 e. The Morgan fingerprint density at radius 1 is 1.32 bits per heavy atom. The monoisotopic (exact) mass is 263 g/mol. The molecule has 0 saturated carbocycles. The highest BCUT2D eigenvalue weighted by atomic mass is 16.5. The highest BCUT2D eigenvalue weighted by Gasteiger charge is 2.18. The predicted octanol–water partition coefficient (Wildman–Crippen LogP) is 3.28. The molecule has 0 fully saturated rings. The summed E-state index contributed by atoms with van der Waals surface area (Å²) in [5, 5.41) is 2.89. The third-order valence-corrected chi connectivity index (χ3v) is 3.07. The summed E-state index contributed by atoms with van der Waals surface area (Å²) in [6.07, 6.45) is 0.921. The molecular weight excluding hydrogens is 238 g/mol. The molecular formula is C16H25NO2. The number of ether oxygens (including phenoxy) is 1. The second-order valence-electron chi connectivity index (χ2n) is 5.91. The SMILES string of the molecule is CC[C@H](C)NC(=O)COc1ccccc1C(C)(C)C. The van der Waals surface area contributed by atoms with Crippen molar-refractivity contribution in [3.63, 3.8) is 0 Å². The largest absolute Gasteiger partial charge is 0.483 e. The zero-order valence-corrected chi connectivity index (χ0v) is 12.6. The summed E-state index contributed by atoms with van der Waals surface area (Å²) in [6, 6.07) is 8.07. The maximum atomic E-state index is 11.7. The van der Waals surface area contributed by atoms with Crippen LogP contribution in [0.25, 0.3) is 0 Å². The van der Waals surface area contributed by atoms with Crippen LogP contribution in [0.4, 0.5) is 0 Å². The Morgan fingerprint density at radius 2 is 1.95 bits per heavy atom. The van der Waals surface area contributed by atoms with Gasteiger partial charge in [0.25, 0.3) is 5.91 Å². The van der Waals surface area contributed by atoms with Gasteiger partial charge in [0.15, 0.2) is 6.61 Å². The zero-order chi connectivity index (χ0) is 14.5. The minimum Gasteiger partial charge on any atom is -0.483 e. The van der Waals surface area contributed by atoms with Gasteiger partial charge in [0.2, 0.25) is 0 Å². The lowest BCUT2D eigenvalue weighted by Gasteiger charge is -2.22. The van der Waals surface area contributed by atoms with Gasteiger partial charge in [-0.3, -0.25) is 4.79 Å². The number of rotatable bonds is 5. The van der Waals surface area contributed by atoms with E-state index in [2.05, 4.69) is 26.1 Å². The predicted molar refractivity (Wildman–Crippen MR) is 78.5 cm³/mol. The Hall–Kier alpha value is -1.51. The first-order valence-corrected chi connectivity index (χ1v) is 6.86. The Bertz CT molecular complexity index is 421. The summed E-state index contributed by atoms with van der Waals surface area (Å²) in [4.78, 5) is 11.7. The van der Waals surface area contributed by atoms with Gasteiger partial charge >= 0.3 is 0 Å². The zero-order valence-electron chi connectivity index (χ0n) is 12.6. The van der Waals surface area contributed by atoms with E-state index >= 15 is 0 Å². The van der Waals surface area contributed by atoms with Crippen molar-refractivity contribution >= 4 is 5.91 Å². The molecule has 3 heteroatoms. The Morgan fingerprint density at radius 3 is 2.53 bits per heavy atom. The van der Waals surface area contributed by atoms with E-state index in [0.29, 0.717) is 0 Å². The van der Waals surface area contributed by atoms with E-state index in [1.54, 1.807) is 0 Å². The van der Waals surface area contributed by atoms with Crippen molar-refractivity contribution in [1.82, 2.24) is 5.32 Å². The molecule has 0 aliphatic rings. The lowest BCUT2D eigenvalue weighted by atomic mass is 9.86. The fourth-order valence-electron chi connectivity index (χ4n) is 1.77. The molecule has 0 unspecified atom stereocenters. The normalized spacial score (nSPS) is 12.9. The van der Waals surface area contributed by atoms with Crippen LogP contribution >= 0.6 is 0 Å². The molecule has 0 bridgehead atoms. The van der Waals surface area contributed by atoms with E-state index in [-0.39, 0.29) is 24.0 Å². The van der Waals surface area contributed by atoms with E-state index in [0.717, 1.165) is 17.7 Å². The van der Waals surface area contributed by atoms with Gasteiger partial charge in [-0.15, -0.1) is 0 Å². The van der Waals surface area contributed by atoms with Crippen LogP contribution in [-0.4, -0.2) is 18.6 Å². The fourth-order valence-corrected chi connectivity index (χ4v) is 1.77. The molecule has 1 aromatic carbocycles. The second kappa shape index (κ2) is 6.60. The number of para-hydroxylation sites is 1. The smallest absolute Gasteiger partial charge is 0.258 e. The van der Waals surface area contributed by atoms with Gasteiger partial charge < -0.3 is 10.1 Å². The molecule has 3 nitrogen and oxygen atoms in total. The summed E-state index contributed by atoms with van der Waals surface area (Å²) >= 11 is 0. The first kappa shape index (κ1) is 15.5. The third-order valence-electron chi connectivity index (χ3n) is 3.07. The number of hydrogen-bond acceptors (Lipinski definition) is 2. The van der Waals surface area contributed by atoms with Crippen LogP contribution in [0.1, 0.15) is 46.6 Å². The Balaban J connectivity index is 2.66. The standard InChI is InChI=1S/C16H25NO2/c1-6-12(2)17-15(18)11-19-14-10-8-7-9-13(14)16(3,4)5/h7-10,12H,6,11H2,1-5H3,(H,17,18)/t12-/m0/s1. The van der Waals surface area contributed by atoms with Crippen LogP contribution in [0, 0.1) is 0 Å². The average Bonchev–Trinajstić information content (AvgIpc) is 2.35. The minimum atomic E-state index is -0.0712. The van der Waals surface area contributed by atoms with Crippen molar-refractivity contribution in [3.05, 3.63) is 29.8 Å². The fraction of sp³-hybridized carbons (Fsp3) is 0.562. The number of hydrogen-bond donors (Lipinski definition) is 1. The molecule has 1 atom stereocenters. The van der Waals surface area contributed by atoms with Crippen LogP contribution in [0.2, 0.25) is 0 Å². The van der Waals surface area contributed by atoms with E-state index in [1.165, 1.54) is 0 Å². The summed E-state index contributed by atoms with van der Waals surface area (Å²) in [6.45, 7) is 10.5. The van der Waals surface area contributed by atoms with Crippen LogP contribution in [-0.2, 0) is 10.2 Å². The summed E-state index contributed by atoms with van der Waals surface area (Å²) in [5.74, 6) is 0.715. The Labute approximate surface area is 116 Å². The van der Waals surface area contributed by atoms with Gasteiger partial charge in [0.1, 0.15) is 5.75 Å². The van der Waals surface area contributed by atoms with Crippen LogP contribution < -0.4 is 10.1 Å². The lowest BCUT2D eigenvalue weighted by Crippen LogP contribution is -2.35. The number of amides is 1. The van der Waals surface area contributed by atoms with Crippen LogP contribution in [0.3, 0.4) is 0 Å². The van der Waals surface area contributed by atoms with Crippen LogP contribution in [0.5, 0.6) is 5.75 Å². The van der Waals surface area contributed by atoms with Gasteiger partial charge in [-0.1, -0.05) is 45.9 Å². The highest BCUT2D eigenvalue weighted by Crippen LogP contribution is 2.30. The molecule has 1 amide bonds. The van der Waals surface area contributed by atoms with Gasteiger partial charge in [-0.2, -0.15) is 0 Å². The van der Waals surface area contributed by atoms with Crippen molar-refractivity contribution in [2.24, 2.45) is 0 Å². The van der Waals surface area contributed by atoms with Gasteiger partial charge in [0.05, 0.1) is 0 Å². The summed E-state index contributed by atoms with van der Waals surface area (Å²) in [7, 11) is 0. The number of carbonyl (C=O) groups excluding carboxylic acids is 1. The topological polar surface area (TPSA) is 38.3 Å². The number of nitrogens with one attached hydrogen (secondary N) is 1. The number of benzene rings is 1. The maximum absolute atomic E-state index is 11.7. The molecule has 0 aromatic heterocycles. The molecule has 1 aromatic rings. The molecule has 0 heterocycles. The summed E-state index contributed by atoms with van der Waals surface area (Å²) < 4.78 is 5.66. The van der Waals surface area contributed by atoms with E-state index in [4.69, 9.17) is 4.74 Å². The van der Waals surface area contributed by atoms with Crippen molar-refractivity contribution in [2.45, 2.75) is 52.5 Å². The molecule has 0 spiro atoms. The molecule has 0 saturated heterocycles. The second-order valence-corrected chi connectivity index (χ2v) is 5.91. The van der Waals surface area contributed by atoms with Crippen molar-refractivity contribution in [3.8, 4) is 5.75 Å². The molecule has 106 valence electrons. The van der Waals surface area contributed by atoms with E-state index < -0.39 is 0 Å². The number of carbonyl (C=O) groups is 1. The van der Waals surface area contributed by atoms with Crippen LogP contribution in [0.15, 0.2) is 24.3 Å². The Kier molecular flexibility index (Phi) is 5.40. The van der Waals surface area contributed by atoms with Gasteiger partial charge in [0, 0.05) is 6.04 Å². The molecule has 19 heavy (non-hydrogen) atoms. The third kappa shape index (κ3) is 4.93. The molecule has 1 rings (SSSR count). The van der Waals surface area contributed by atoms with Crippen molar-refractivity contribution < 1.29 is 9.53 Å². The molecule has 0 radical (unpaired) electrons. The quantitative estimate of drug-likeness (QED) is 0.885. The minimum absolute atomic E-state index is 0.00375. The van der Waals surface area contributed by atoms with Gasteiger partial charge in [-0.05, 0) is 30.4 Å². The van der Waals surface area contributed by atoms with Crippen molar-refractivity contribution in [2.75, 3.05) is 6.61 Å². The molecule has 0 aliphatic carbocycles. The van der Waals surface area contributed by atoms with E-state index in [9.17, 15) is 4.79 Å².